The summed E-state index contributed by atoms with van der Waals surface area (Å²) in [7, 11) is -3.35. The molecule has 0 radical (unpaired) electrons. The fraction of sp³-hybridized carbons (Fsp3) is 0.150. The highest BCUT2D eigenvalue weighted by Gasteiger charge is 2.19. The highest BCUT2D eigenvalue weighted by atomic mass is 32.2. The van der Waals surface area contributed by atoms with Gasteiger partial charge in [0.25, 0.3) is 12.3 Å². The zero-order chi connectivity index (χ0) is 21.3. The Morgan fingerprint density at radius 1 is 1.07 bits per heavy atom. The van der Waals surface area contributed by atoms with Crippen LogP contribution in [0.5, 0.6) is 0 Å². The lowest BCUT2D eigenvalue weighted by Gasteiger charge is -2.13. The predicted molar refractivity (Wildman–Crippen MR) is 103 cm³/mol. The van der Waals surface area contributed by atoms with Crippen molar-refractivity contribution in [1.29, 1.82) is 0 Å². The number of nitrogens with one attached hydrogen (secondary N) is 1. The summed E-state index contributed by atoms with van der Waals surface area (Å²) in [6.07, 6.45) is -0.348. The van der Waals surface area contributed by atoms with Gasteiger partial charge in [0.1, 0.15) is 5.82 Å². The number of halogens is 3. The third kappa shape index (κ3) is 4.34. The maximum Gasteiger partial charge on any atom is 0.265 e. The van der Waals surface area contributed by atoms with Gasteiger partial charge < -0.3 is 9.88 Å². The Balaban J connectivity index is 1.89. The normalized spacial score (nSPS) is 11.7. The first-order valence-corrected chi connectivity index (χ1v) is 10.3. The van der Waals surface area contributed by atoms with E-state index in [9.17, 15) is 26.4 Å². The van der Waals surface area contributed by atoms with Crippen molar-refractivity contribution >= 4 is 21.4 Å². The van der Waals surface area contributed by atoms with Gasteiger partial charge in [-0.25, -0.2) is 21.6 Å². The van der Waals surface area contributed by atoms with Crippen molar-refractivity contribution in [3.05, 3.63) is 77.4 Å². The van der Waals surface area contributed by atoms with Crippen molar-refractivity contribution in [2.75, 3.05) is 11.6 Å². The number of sulfone groups is 1. The van der Waals surface area contributed by atoms with Crippen molar-refractivity contribution in [1.82, 2.24) is 4.57 Å². The molecule has 1 heterocycles. The largest absolute Gasteiger partial charge is 0.322 e. The third-order valence-electron chi connectivity index (χ3n) is 4.41. The molecule has 152 valence electrons. The fourth-order valence-electron chi connectivity index (χ4n) is 2.92. The van der Waals surface area contributed by atoms with Crippen LogP contribution in [0.4, 0.5) is 18.9 Å². The van der Waals surface area contributed by atoms with Crippen LogP contribution in [-0.4, -0.2) is 25.1 Å². The van der Waals surface area contributed by atoms with Gasteiger partial charge in [-0.05, 0) is 55.5 Å². The molecule has 1 aromatic heterocycles. The van der Waals surface area contributed by atoms with Crippen LogP contribution in [0.15, 0.2) is 59.6 Å². The molecule has 1 N–H and O–H groups in total. The third-order valence-corrected chi connectivity index (χ3v) is 5.54. The number of benzene rings is 2. The summed E-state index contributed by atoms with van der Waals surface area (Å²) in [5.74, 6) is -1.27. The monoisotopic (exact) mass is 422 g/mol. The van der Waals surface area contributed by atoms with Gasteiger partial charge in [-0.2, -0.15) is 0 Å². The van der Waals surface area contributed by atoms with Gasteiger partial charge in [-0.15, -0.1) is 0 Å². The molecule has 0 saturated heterocycles. The van der Waals surface area contributed by atoms with Crippen molar-refractivity contribution < 1.29 is 26.4 Å². The molecule has 5 nitrogen and oxygen atoms in total. The van der Waals surface area contributed by atoms with Crippen molar-refractivity contribution in [2.45, 2.75) is 18.2 Å². The Bertz CT molecular complexity index is 1170. The van der Waals surface area contributed by atoms with Crippen LogP contribution in [-0.2, 0) is 9.84 Å². The van der Waals surface area contributed by atoms with E-state index in [0.717, 1.165) is 18.4 Å². The summed E-state index contributed by atoms with van der Waals surface area (Å²) >= 11 is 0. The molecule has 0 atom stereocenters. The van der Waals surface area contributed by atoms with Crippen LogP contribution in [0.1, 0.15) is 28.0 Å². The van der Waals surface area contributed by atoms with E-state index < -0.39 is 33.6 Å². The average molecular weight is 422 g/mol. The molecule has 2 aromatic carbocycles. The predicted octanol–water partition coefficient (Wildman–Crippen LogP) is 4.52. The van der Waals surface area contributed by atoms with Crippen molar-refractivity contribution in [3.63, 3.8) is 0 Å². The molecule has 9 heteroatoms. The second kappa shape index (κ2) is 7.75. The van der Waals surface area contributed by atoms with E-state index in [1.807, 2.05) is 0 Å². The number of hydrogen-bond donors (Lipinski definition) is 1. The number of nitrogens with zero attached hydrogens (tertiary/aromatic N) is 1. The minimum atomic E-state index is -3.35. The zero-order valence-electron chi connectivity index (χ0n) is 15.5. The molecule has 0 spiro atoms. The molecule has 0 unspecified atom stereocenters. The molecule has 0 aliphatic rings. The van der Waals surface area contributed by atoms with E-state index in [2.05, 4.69) is 5.32 Å². The quantitative estimate of drug-likeness (QED) is 0.658. The first-order chi connectivity index (χ1) is 13.6. The number of hydrogen-bond acceptors (Lipinski definition) is 3. The minimum absolute atomic E-state index is 0.0791. The van der Waals surface area contributed by atoms with Crippen LogP contribution < -0.4 is 5.32 Å². The summed E-state index contributed by atoms with van der Waals surface area (Å²) in [5.41, 5.74) is 0.609. The maximum atomic E-state index is 13.4. The lowest BCUT2D eigenvalue weighted by Crippen LogP contribution is -2.13. The van der Waals surface area contributed by atoms with Crippen molar-refractivity contribution in [3.8, 4) is 5.69 Å². The molecule has 0 fully saturated rings. The highest BCUT2D eigenvalue weighted by Crippen LogP contribution is 2.29. The zero-order valence-corrected chi connectivity index (χ0v) is 16.3. The summed E-state index contributed by atoms with van der Waals surface area (Å²) in [4.78, 5) is 12.7. The van der Waals surface area contributed by atoms with Crippen LogP contribution in [0, 0.1) is 12.7 Å². The Kier molecular flexibility index (Phi) is 5.52. The number of aromatic nitrogens is 1. The lowest BCUT2D eigenvalue weighted by atomic mass is 10.1. The Hall–Kier alpha value is -3.07. The first-order valence-electron chi connectivity index (χ1n) is 8.45. The van der Waals surface area contributed by atoms with Gasteiger partial charge in [-0.3, -0.25) is 4.79 Å². The number of carbonyl (C=O) groups excluding carboxylic acids is 1. The lowest BCUT2D eigenvalue weighted by molar-refractivity contribution is 0.102. The molecule has 1 amide bonds. The Morgan fingerprint density at radius 2 is 1.72 bits per heavy atom. The van der Waals surface area contributed by atoms with Crippen molar-refractivity contribution in [2.24, 2.45) is 0 Å². The molecule has 0 saturated carbocycles. The number of carbonyl (C=O) groups is 1. The van der Waals surface area contributed by atoms with Gasteiger partial charge in [-0.1, -0.05) is 0 Å². The van der Waals surface area contributed by atoms with E-state index in [1.165, 1.54) is 47.2 Å². The van der Waals surface area contributed by atoms with E-state index >= 15 is 0 Å². The van der Waals surface area contributed by atoms with Crippen LogP contribution in [0.3, 0.4) is 0 Å². The van der Waals surface area contributed by atoms with Gasteiger partial charge in [0, 0.05) is 29.4 Å². The van der Waals surface area contributed by atoms with Crippen LogP contribution in [0.25, 0.3) is 5.69 Å². The fourth-order valence-corrected chi connectivity index (χ4v) is 3.55. The van der Waals surface area contributed by atoms with E-state index in [0.29, 0.717) is 11.4 Å². The van der Waals surface area contributed by atoms with E-state index in [4.69, 9.17) is 0 Å². The number of anilines is 1. The summed E-state index contributed by atoms with van der Waals surface area (Å²) in [5, 5.41) is 2.63. The molecule has 3 aromatic rings. The molecular weight excluding hydrogens is 405 g/mol. The summed E-state index contributed by atoms with van der Waals surface area (Å²) in [6, 6.07) is 10.2. The van der Waals surface area contributed by atoms with E-state index in [-0.39, 0.29) is 16.1 Å². The summed E-state index contributed by atoms with van der Waals surface area (Å²) in [6.45, 7) is 1.58. The van der Waals surface area contributed by atoms with Gasteiger partial charge in [0.2, 0.25) is 0 Å². The standard InChI is InChI=1S/C20H17F3N2O3S/c1-12-16(20(26)24-14-4-6-15(7-5-14)29(2,27)28)9-10-25(12)18-8-3-13(21)11-17(18)19(22)23/h3-11,19H,1-2H3,(H,24,26). The van der Waals surface area contributed by atoms with Gasteiger partial charge in [0.05, 0.1) is 16.1 Å². The molecular formula is C20H17F3N2O3S. The van der Waals surface area contributed by atoms with E-state index in [1.54, 1.807) is 6.92 Å². The second-order valence-corrected chi connectivity index (χ2v) is 8.46. The maximum absolute atomic E-state index is 13.4. The number of rotatable bonds is 5. The number of amides is 1. The van der Waals surface area contributed by atoms with Gasteiger partial charge in [0.15, 0.2) is 9.84 Å². The molecule has 0 bridgehead atoms. The summed E-state index contributed by atoms with van der Waals surface area (Å²) < 4.78 is 64.3. The second-order valence-electron chi connectivity index (χ2n) is 6.44. The average Bonchev–Trinajstić information content (AvgIpc) is 3.02. The first kappa shape index (κ1) is 20.7. The Morgan fingerprint density at radius 3 is 2.31 bits per heavy atom. The highest BCUT2D eigenvalue weighted by molar-refractivity contribution is 7.90. The molecule has 29 heavy (non-hydrogen) atoms. The molecule has 0 aliphatic heterocycles. The smallest absolute Gasteiger partial charge is 0.265 e. The van der Waals surface area contributed by atoms with Gasteiger partial charge >= 0.3 is 0 Å². The van der Waals surface area contributed by atoms with Crippen LogP contribution >= 0.6 is 0 Å². The minimum Gasteiger partial charge on any atom is -0.322 e. The Labute approximate surface area is 165 Å². The number of alkyl halides is 2. The SMILES string of the molecule is Cc1c(C(=O)Nc2ccc(S(C)(=O)=O)cc2)ccn1-c1ccc(F)cc1C(F)F. The molecule has 0 aliphatic carbocycles. The molecule has 3 rings (SSSR count). The van der Waals surface area contributed by atoms with Crippen LogP contribution in [0.2, 0.25) is 0 Å². The topological polar surface area (TPSA) is 68.2 Å².